The molecule has 34 heavy (non-hydrogen) atoms. The summed E-state index contributed by atoms with van der Waals surface area (Å²) in [6.45, 7) is 14.5. The normalized spacial score (nSPS) is 21.6. The molecule has 7 nitrogen and oxygen atoms in total. The summed E-state index contributed by atoms with van der Waals surface area (Å²) in [5, 5.41) is 7.44. The Morgan fingerprint density at radius 2 is 1.94 bits per heavy atom. The topological polar surface area (TPSA) is 73.4 Å². The number of likely N-dealkylation sites (tertiary alicyclic amines) is 1. The van der Waals surface area contributed by atoms with Gasteiger partial charge in [0.25, 0.3) is 0 Å². The monoisotopic (exact) mass is 480 g/mol. The van der Waals surface area contributed by atoms with E-state index >= 15 is 0 Å². The number of nitrogens with zero attached hydrogens (tertiary/aromatic N) is 4. The highest BCUT2D eigenvalue weighted by atomic mass is 35.5. The molecule has 1 aromatic carbocycles. The predicted octanol–water partition coefficient (Wildman–Crippen LogP) is 3.99. The van der Waals surface area contributed by atoms with E-state index in [1.807, 2.05) is 29.2 Å². The number of hydrogen-bond donors (Lipinski definition) is 2. The lowest BCUT2D eigenvalue weighted by atomic mass is 9.72. The quantitative estimate of drug-likeness (QED) is 0.651. The Morgan fingerprint density at radius 1 is 1.24 bits per heavy atom. The summed E-state index contributed by atoms with van der Waals surface area (Å²) in [6, 6.07) is 7.98. The van der Waals surface area contributed by atoms with Gasteiger partial charge in [0, 0.05) is 60.5 Å². The number of allylic oxidation sites excluding steroid dienone is 1. The maximum atomic E-state index is 13.5. The van der Waals surface area contributed by atoms with E-state index in [0.29, 0.717) is 23.5 Å². The van der Waals surface area contributed by atoms with Gasteiger partial charge in [-0.1, -0.05) is 51.1 Å². The fraction of sp³-hybridized carbons (Fsp3) is 0.500. The Balaban J connectivity index is 1.24. The van der Waals surface area contributed by atoms with Crippen LogP contribution in [0.4, 0.5) is 11.6 Å². The minimum atomic E-state index is -0.206. The van der Waals surface area contributed by atoms with E-state index in [-0.39, 0.29) is 17.2 Å². The fourth-order valence-electron chi connectivity index (χ4n) is 5.53. The van der Waals surface area contributed by atoms with Crippen molar-refractivity contribution in [1.82, 2.24) is 20.2 Å². The largest absolute Gasteiger partial charge is 0.355 e. The summed E-state index contributed by atoms with van der Waals surface area (Å²) >= 11 is 6.08. The summed E-state index contributed by atoms with van der Waals surface area (Å²) in [5.41, 5.74) is 3.35. The third-order valence-corrected chi connectivity index (χ3v) is 7.47. The Labute approximate surface area is 206 Å². The number of fused-ring (bicyclic) bond motifs is 1. The van der Waals surface area contributed by atoms with Gasteiger partial charge in [-0.05, 0) is 30.0 Å². The third kappa shape index (κ3) is 4.27. The number of benzene rings is 1. The molecule has 3 aliphatic heterocycles. The van der Waals surface area contributed by atoms with Crippen molar-refractivity contribution in [3.63, 3.8) is 0 Å². The van der Waals surface area contributed by atoms with E-state index in [0.717, 1.165) is 55.5 Å². The van der Waals surface area contributed by atoms with E-state index in [2.05, 4.69) is 52.9 Å². The maximum Gasteiger partial charge on any atom is 0.231 e. The molecule has 4 heterocycles. The van der Waals surface area contributed by atoms with Crippen molar-refractivity contribution in [2.75, 3.05) is 42.9 Å². The minimum Gasteiger partial charge on any atom is -0.355 e. The average molecular weight is 481 g/mol. The summed E-state index contributed by atoms with van der Waals surface area (Å²) < 4.78 is 0. The summed E-state index contributed by atoms with van der Waals surface area (Å²) in [6.07, 6.45) is 2.53. The fourth-order valence-corrected chi connectivity index (χ4v) is 5.66. The molecule has 8 heteroatoms. The highest BCUT2D eigenvalue weighted by Gasteiger charge is 2.54. The molecule has 2 atom stereocenters. The minimum absolute atomic E-state index is 0.165. The van der Waals surface area contributed by atoms with E-state index in [4.69, 9.17) is 11.6 Å². The van der Waals surface area contributed by atoms with Crippen LogP contribution in [-0.4, -0.2) is 59.5 Å². The molecule has 1 amide bonds. The highest BCUT2D eigenvalue weighted by Crippen LogP contribution is 2.46. The average Bonchev–Trinajstić information content (AvgIpc) is 2.72. The maximum absolute atomic E-state index is 13.5. The van der Waals surface area contributed by atoms with Crippen LogP contribution in [0, 0.1) is 5.41 Å². The van der Waals surface area contributed by atoms with Gasteiger partial charge in [-0.3, -0.25) is 4.79 Å². The molecule has 2 N–H and O–H groups in total. The van der Waals surface area contributed by atoms with Gasteiger partial charge in [0.15, 0.2) is 0 Å². The van der Waals surface area contributed by atoms with Crippen molar-refractivity contribution in [1.29, 1.82) is 0 Å². The van der Waals surface area contributed by atoms with E-state index < -0.39 is 0 Å². The zero-order valence-electron chi connectivity index (χ0n) is 20.1. The van der Waals surface area contributed by atoms with Crippen molar-refractivity contribution in [3.8, 4) is 0 Å². The standard InChI is InChI=1S/C26H33ClN6O/c1-16(2)28-10-21(19-5-7-20(27)8-6-19)25(34)33-13-26(14-33)11-32(12-26)24-22-17(3)9-18(4)31-23(22)29-15-30-24/h5-8,15-17,21,28H,4,9-14H2,1-3H3,(H,29,30,31)/t17-,21-/m1/s1. The van der Waals surface area contributed by atoms with Crippen molar-refractivity contribution < 1.29 is 4.79 Å². The number of carbonyl (C=O) groups excluding carboxylic acids is 1. The second kappa shape index (κ2) is 8.86. The van der Waals surface area contributed by atoms with Gasteiger partial charge < -0.3 is 20.4 Å². The van der Waals surface area contributed by atoms with Crippen molar-refractivity contribution in [2.45, 2.75) is 45.1 Å². The molecule has 0 saturated carbocycles. The van der Waals surface area contributed by atoms with Crippen molar-refractivity contribution in [2.24, 2.45) is 5.41 Å². The van der Waals surface area contributed by atoms with Crippen LogP contribution in [0.1, 0.15) is 50.2 Å². The third-order valence-electron chi connectivity index (χ3n) is 7.22. The van der Waals surface area contributed by atoms with Gasteiger partial charge >= 0.3 is 0 Å². The summed E-state index contributed by atoms with van der Waals surface area (Å²) in [4.78, 5) is 26.9. The predicted molar refractivity (Wildman–Crippen MR) is 136 cm³/mol. The number of nitrogens with one attached hydrogen (secondary N) is 2. The highest BCUT2D eigenvalue weighted by molar-refractivity contribution is 6.30. The van der Waals surface area contributed by atoms with Gasteiger partial charge in [-0.15, -0.1) is 0 Å². The molecular weight excluding hydrogens is 448 g/mol. The van der Waals surface area contributed by atoms with Crippen LogP contribution < -0.4 is 15.5 Å². The van der Waals surface area contributed by atoms with Crippen molar-refractivity contribution >= 4 is 29.1 Å². The lowest BCUT2D eigenvalue weighted by Gasteiger charge is -2.61. The SMILES string of the molecule is C=C1C[C@@H](C)c2c(ncnc2N2CC3(CN(C(=O)[C@H](CNC(C)C)c4ccc(Cl)cc4)C3)C2)N1. The molecule has 5 rings (SSSR count). The lowest BCUT2D eigenvalue weighted by molar-refractivity contribution is -0.146. The van der Waals surface area contributed by atoms with Gasteiger partial charge in [0.1, 0.15) is 18.0 Å². The Bertz CT molecular complexity index is 1090. The van der Waals surface area contributed by atoms with Gasteiger partial charge in [0.2, 0.25) is 5.91 Å². The number of aromatic nitrogens is 2. The molecule has 2 aromatic rings. The Hall–Kier alpha value is -2.64. The first-order chi connectivity index (χ1) is 16.2. The number of carbonyl (C=O) groups is 1. The number of halogens is 1. The Morgan fingerprint density at radius 3 is 2.62 bits per heavy atom. The van der Waals surface area contributed by atoms with E-state index in [9.17, 15) is 4.79 Å². The molecule has 1 spiro atoms. The second-order valence-corrected chi connectivity index (χ2v) is 10.9. The first-order valence-electron chi connectivity index (χ1n) is 12.1. The van der Waals surface area contributed by atoms with E-state index in [1.54, 1.807) is 6.33 Å². The van der Waals surface area contributed by atoms with Crippen LogP contribution in [0.25, 0.3) is 0 Å². The summed E-state index contributed by atoms with van der Waals surface area (Å²) in [7, 11) is 0. The van der Waals surface area contributed by atoms with Gasteiger partial charge in [-0.2, -0.15) is 0 Å². The number of anilines is 2. The number of rotatable bonds is 6. The zero-order chi connectivity index (χ0) is 24.0. The molecule has 3 aliphatic rings. The number of hydrogen-bond acceptors (Lipinski definition) is 6. The molecule has 180 valence electrons. The van der Waals surface area contributed by atoms with Crippen LogP contribution in [0.3, 0.4) is 0 Å². The molecule has 0 radical (unpaired) electrons. The van der Waals surface area contributed by atoms with Gasteiger partial charge in [0.05, 0.1) is 5.92 Å². The molecule has 2 saturated heterocycles. The van der Waals surface area contributed by atoms with Crippen LogP contribution in [-0.2, 0) is 4.79 Å². The first kappa shape index (κ1) is 23.1. The zero-order valence-corrected chi connectivity index (χ0v) is 20.9. The first-order valence-corrected chi connectivity index (χ1v) is 12.4. The molecule has 0 aliphatic carbocycles. The second-order valence-electron chi connectivity index (χ2n) is 10.5. The molecule has 2 fully saturated rings. The lowest BCUT2D eigenvalue weighted by Crippen LogP contribution is -2.73. The molecule has 1 aromatic heterocycles. The van der Waals surface area contributed by atoms with Crippen LogP contribution in [0.5, 0.6) is 0 Å². The smallest absolute Gasteiger partial charge is 0.231 e. The van der Waals surface area contributed by atoms with Crippen molar-refractivity contribution in [3.05, 3.63) is 59.0 Å². The molecule has 0 bridgehead atoms. The van der Waals surface area contributed by atoms with Crippen LogP contribution >= 0.6 is 11.6 Å². The van der Waals surface area contributed by atoms with Gasteiger partial charge in [-0.25, -0.2) is 9.97 Å². The summed E-state index contributed by atoms with van der Waals surface area (Å²) in [5.74, 6) is 2.22. The van der Waals surface area contributed by atoms with E-state index in [1.165, 1.54) is 5.56 Å². The number of amides is 1. The Kier molecular flexibility index (Phi) is 6.02. The van der Waals surface area contributed by atoms with Crippen LogP contribution in [0.2, 0.25) is 5.02 Å². The van der Waals surface area contributed by atoms with Crippen LogP contribution in [0.15, 0.2) is 42.9 Å². The molecular formula is C26H33ClN6O. The molecule has 0 unspecified atom stereocenters.